The van der Waals surface area contributed by atoms with Gasteiger partial charge in [-0.25, -0.2) is 0 Å². The molecule has 0 amide bonds. The van der Waals surface area contributed by atoms with E-state index in [-0.39, 0.29) is 5.41 Å². The quantitative estimate of drug-likeness (QED) is 0.655. The van der Waals surface area contributed by atoms with Crippen molar-refractivity contribution in [3.05, 3.63) is 54.1 Å². The second kappa shape index (κ2) is 5.74. The van der Waals surface area contributed by atoms with E-state index in [0.29, 0.717) is 5.75 Å². The molecule has 2 N–H and O–H groups in total. The van der Waals surface area contributed by atoms with Gasteiger partial charge in [-0.3, -0.25) is 5.10 Å². The fraction of sp³-hybridized carbons (Fsp3) is 0.250. The first-order valence-electron chi connectivity index (χ1n) is 6.52. The number of rotatable bonds is 0. The number of hydrogen-bond acceptors (Lipinski definition) is 3. The van der Waals surface area contributed by atoms with Gasteiger partial charge in [-0.1, -0.05) is 50.3 Å². The van der Waals surface area contributed by atoms with E-state index in [1.807, 2.05) is 36.4 Å². The minimum absolute atomic E-state index is 0.174. The van der Waals surface area contributed by atoms with E-state index in [4.69, 9.17) is 5.11 Å². The van der Waals surface area contributed by atoms with Gasteiger partial charge >= 0.3 is 0 Å². The predicted molar refractivity (Wildman–Crippen MR) is 80.7 cm³/mol. The van der Waals surface area contributed by atoms with Crippen molar-refractivity contribution < 1.29 is 5.11 Å². The Kier molecular flexibility index (Phi) is 4.03. The number of aromatic amines is 1. The number of para-hydroxylation sites is 1. The molecule has 0 aliphatic carbocycles. The average Bonchev–Trinajstić information content (AvgIpc) is 2.87. The molecular weight excluding hydrogens is 250 g/mol. The second-order valence-corrected chi connectivity index (χ2v) is 5.63. The van der Waals surface area contributed by atoms with Crippen molar-refractivity contribution in [3.8, 4) is 5.75 Å². The normalized spacial score (nSPS) is 10.9. The maximum atomic E-state index is 9.02. The molecule has 104 valence electrons. The van der Waals surface area contributed by atoms with Crippen molar-refractivity contribution in [1.82, 2.24) is 15.4 Å². The van der Waals surface area contributed by atoms with Gasteiger partial charge in [0.25, 0.3) is 0 Å². The minimum atomic E-state index is 0.174. The van der Waals surface area contributed by atoms with Crippen LogP contribution in [0.5, 0.6) is 5.75 Å². The highest BCUT2D eigenvalue weighted by Gasteiger charge is 2.12. The van der Waals surface area contributed by atoms with Gasteiger partial charge in [0.15, 0.2) is 0 Å². The molecule has 3 rings (SSSR count). The van der Waals surface area contributed by atoms with Gasteiger partial charge in [0.2, 0.25) is 0 Å². The van der Waals surface area contributed by atoms with Gasteiger partial charge in [0, 0.05) is 0 Å². The third-order valence-electron chi connectivity index (χ3n) is 2.97. The Bertz CT molecular complexity index is 636. The van der Waals surface area contributed by atoms with E-state index >= 15 is 0 Å². The molecule has 0 spiro atoms. The lowest BCUT2D eigenvalue weighted by molar-refractivity contribution is 0.474. The van der Waals surface area contributed by atoms with Crippen LogP contribution in [0.4, 0.5) is 0 Å². The molecule has 1 aromatic heterocycles. The Hall–Kier alpha value is -2.36. The molecule has 4 heteroatoms. The number of H-pyrrole nitrogens is 1. The molecule has 0 aliphatic heterocycles. The molecular formula is C16H19N3O. The Morgan fingerprint density at radius 2 is 1.60 bits per heavy atom. The number of benzene rings is 2. The van der Waals surface area contributed by atoms with Crippen molar-refractivity contribution in [3.63, 3.8) is 0 Å². The molecule has 20 heavy (non-hydrogen) atoms. The first-order chi connectivity index (χ1) is 9.47. The second-order valence-electron chi connectivity index (χ2n) is 5.63. The molecule has 0 saturated carbocycles. The summed E-state index contributed by atoms with van der Waals surface area (Å²) in [5, 5.41) is 19.2. The zero-order valence-electron chi connectivity index (χ0n) is 12.0. The van der Waals surface area contributed by atoms with E-state index in [2.05, 4.69) is 36.2 Å². The van der Waals surface area contributed by atoms with Crippen LogP contribution in [0, 0.1) is 0 Å². The summed E-state index contributed by atoms with van der Waals surface area (Å²) in [6.45, 7) is 6.46. The zero-order chi connectivity index (χ0) is 14.6. The highest BCUT2D eigenvalue weighted by molar-refractivity contribution is 5.72. The summed E-state index contributed by atoms with van der Waals surface area (Å²) in [6, 6.07) is 15.1. The van der Waals surface area contributed by atoms with Crippen LogP contribution in [-0.2, 0) is 5.41 Å². The van der Waals surface area contributed by atoms with Crippen molar-refractivity contribution in [2.75, 3.05) is 0 Å². The number of aromatic hydroxyl groups is 1. The van der Waals surface area contributed by atoms with Crippen LogP contribution >= 0.6 is 0 Å². The van der Waals surface area contributed by atoms with Crippen LogP contribution < -0.4 is 0 Å². The van der Waals surface area contributed by atoms with Crippen molar-refractivity contribution in [1.29, 1.82) is 0 Å². The number of hydrogen-bond donors (Lipinski definition) is 2. The monoisotopic (exact) mass is 269 g/mol. The molecule has 4 nitrogen and oxygen atoms in total. The van der Waals surface area contributed by atoms with Crippen LogP contribution in [0.15, 0.2) is 48.5 Å². The van der Waals surface area contributed by atoms with Crippen molar-refractivity contribution in [2.45, 2.75) is 26.2 Å². The first-order valence-corrected chi connectivity index (χ1v) is 6.52. The molecule has 0 unspecified atom stereocenters. The molecule has 0 bridgehead atoms. The Morgan fingerprint density at radius 3 is 2.20 bits per heavy atom. The lowest BCUT2D eigenvalue weighted by Gasteiger charge is -2.18. The van der Waals surface area contributed by atoms with E-state index < -0.39 is 0 Å². The molecule has 0 radical (unpaired) electrons. The topological polar surface area (TPSA) is 61.8 Å². The minimum Gasteiger partial charge on any atom is -0.508 e. The van der Waals surface area contributed by atoms with Crippen molar-refractivity contribution >= 4 is 11.0 Å². The third-order valence-corrected chi connectivity index (χ3v) is 2.97. The Balaban J connectivity index is 0.000000149. The number of nitrogens with one attached hydrogen (secondary N) is 1. The molecule has 0 atom stereocenters. The molecule has 0 aliphatic rings. The van der Waals surface area contributed by atoms with Gasteiger partial charge in [0.05, 0.1) is 5.52 Å². The average molecular weight is 269 g/mol. The lowest BCUT2D eigenvalue weighted by Crippen LogP contribution is -2.10. The van der Waals surface area contributed by atoms with Gasteiger partial charge < -0.3 is 5.11 Å². The Labute approximate surface area is 118 Å². The molecule has 0 fully saturated rings. The fourth-order valence-corrected chi connectivity index (χ4v) is 1.75. The highest BCUT2D eigenvalue weighted by Crippen LogP contribution is 2.23. The van der Waals surface area contributed by atoms with Gasteiger partial charge in [0.1, 0.15) is 11.3 Å². The smallest absolute Gasteiger partial charge is 0.115 e. The van der Waals surface area contributed by atoms with Crippen molar-refractivity contribution in [2.24, 2.45) is 0 Å². The first kappa shape index (κ1) is 14.1. The lowest BCUT2D eigenvalue weighted by atomic mass is 9.87. The van der Waals surface area contributed by atoms with Crippen LogP contribution in [0.1, 0.15) is 26.3 Å². The van der Waals surface area contributed by atoms with Gasteiger partial charge in [-0.2, -0.15) is 0 Å². The number of phenolic OH excluding ortho intramolecular Hbond substituents is 1. The van der Waals surface area contributed by atoms with Gasteiger partial charge in [-0.05, 0) is 35.2 Å². The maximum absolute atomic E-state index is 9.02. The molecule has 2 aromatic carbocycles. The summed E-state index contributed by atoms with van der Waals surface area (Å²) in [4.78, 5) is 0. The largest absolute Gasteiger partial charge is 0.508 e. The number of nitrogens with zero attached hydrogens (tertiary/aromatic N) is 2. The standard InChI is InChI=1S/C10H14O.C6H5N3/c1-10(2,3)8-4-6-9(11)7-5-8;1-2-4-6-5(3-1)7-9-8-6/h4-7,11H,1-3H3;1-4H,(H,7,8,9). The van der Waals surface area contributed by atoms with Gasteiger partial charge in [-0.15, -0.1) is 5.10 Å². The van der Waals surface area contributed by atoms with E-state index in [9.17, 15) is 0 Å². The SMILES string of the molecule is CC(C)(C)c1ccc(O)cc1.c1ccc2[nH]nnc2c1. The number of fused-ring (bicyclic) bond motifs is 1. The number of phenols is 1. The summed E-state index contributed by atoms with van der Waals surface area (Å²) in [5.74, 6) is 0.331. The van der Waals surface area contributed by atoms with Crippen LogP contribution in [-0.4, -0.2) is 20.5 Å². The predicted octanol–water partition coefficient (Wildman–Crippen LogP) is 3.65. The fourth-order valence-electron chi connectivity index (χ4n) is 1.75. The van der Waals surface area contributed by atoms with E-state index in [0.717, 1.165) is 11.0 Å². The van der Waals surface area contributed by atoms with Crippen LogP contribution in [0.2, 0.25) is 0 Å². The summed E-state index contributed by atoms with van der Waals surface area (Å²) in [5.41, 5.74) is 3.32. The van der Waals surface area contributed by atoms with E-state index in [1.165, 1.54) is 5.56 Å². The number of aromatic nitrogens is 3. The Morgan fingerprint density at radius 1 is 0.950 bits per heavy atom. The maximum Gasteiger partial charge on any atom is 0.115 e. The van der Waals surface area contributed by atoms with Crippen LogP contribution in [0.3, 0.4) is 0 Å². The summed E-state index contributed by atoms with van der Waals surface area (Å²) in [6.07, 6.45) is 0. The highest BCUT2D eigenvalue weighted by atomic mass is 16.3. The molecule has 1 heterocycles. The van der Waals surface area contributed by atoms with E-state index in [1.54, 1.807) is 12.1 Å². The molecule has 0 saturated heterocycles. The van der Waals surface area contributed by atoms with Crippen LogP contribution in [0.25, 0.3) is 11.0 Å². The zero-order valence-corrected chi connectivity index (χ0v) is 12.0. The summed E-state index contributed by atoms with van der Waals surface area (Å²) in [7, 11) is 0. The molecule has 3 aromatic rings. The summed E-state index contributed by atoms with van der Waals surface area (Å²) < 4.78 is 0. The summed E-state index contributed by atoms with van der Waals surface area (Å²) >= 11 is 0. The third kappa shape index (κ3) is 3.57.